The van der Waals surface area contributed by atoms with Crippen molar-refractivity contribution in [1.82, 2.24) is 4.90 Å². The molecule has 6 nitrogen and oxygen atoms in total. The lowest BCUT2D eigenvalue weighted by molar-refractivity contribution is 0.0574. The molecule has 1 fully saturated rings. The average Bonchev–Trinajstić information content (AvgIpc) is 3.04. The van der Waals surface area contributed by atoms with Crippen LogP contribution in [0.15, 0.2) is 83.8 Å². The van der Waals surface area contributed by atoms with Gasteiger partial charge in [-0.05, 0) is 73.9 Å². The zero-order valence-electron chi connectivity index (χ0n) is 24.2. The molecule has 0 aliphatic carbocycles. The van der Waals surface area contributed by atoms with E-state index in [-0.39, 0.29) is 35.2 Å². The van der Waals surface area contributed by atoms with Crippen LogP contribution in [0.1, 0.15) is 41.6 Å². The largest absolute Gasteiger partial charge is 0.493 e. The molecular weight excluding hydrogens is 651 g/mol. The molecule has 4 aromatic carbocycles. The lowest BCUT2D eigenvalue weighted by Gasteiger charge is -2.36. The number of hydrogen-bond donors (Lipinski definition) is 0. The number of ether oxygens (including phenoxy) is 1. The minimum Gasteiger partial charge on any atom is -0.493 e. The molecule has 5 rings (SSSR count). The van der Waals surface area contributed by atoms with Crippen LogP contribution in [-0.2, 0) is 16.6 Å². The molecule has 1 unspecified atom stereocenters. The number of anilines is 1. The van der Waals surface area contributed by atoms with Gasteiger partial charge in [-0.25, -0.2) is 30.4 Å². The first-order valence-electron chi connectivity index (χ1n) is 14.4. The van der Waals surface area contributed by atoms with Gasteiger partial charge in [-0.15, -0.1) is 0 Å². The van der Waals surface area contributed by atoms with Crippen LogP contribution in [0.4, 0.5) is 27.6 Å². The maximum atomic E-state index is 15.0. The summed E-state index contributed by atoms with van der Waals surface area (Å²) in [7, 11) is -4.43. The van der Waals surface area contributed by atoms with Crippen molar-refractivity contribution in [2.45, 2.75) is 43.2 Å². The zero-order chi connectivity index (χ0) is 33.0. The van der Waals surface area contributed by atoms with E-state index >= 15 is 4.39 Å². The standard InChI is InChI=1S/C33H28ClF5N2O4S/c34-22-8-11-25(12-9-22)46(43,44)41(29-19-23(35)10-14-27(29)36)20-21-5-1-2-7-30(21)45-18-16-24-6-3-4-17-40(24)33(42)26-13-15-28(37)32(39)31(26)38/h1-2,5,7-15,19,24H,3-4,6,16-18,20H2. The van der Waals surface area contributed by atoms with Crippen molar-refractivity contribution in [2.24, 2.45) is 0 Å². The van der Waals surface area contributed by atoms with E-state index in [0.29, 0.717) is 24.5 Å². The summed E-state index contributed by atoms with van der Waals surface area (Å²) >= 11 is 5.93. The van der Waals surface area contributed by atoms with Crippen LogP contribution < -0.4 is 9.04 Å². The summed E-state index contributed by atoms with van der Waals surface area (Å²) < 4.78 is 105. The van der Waals surface area contributed by atoms with Crippen LogP contribution in [0.3, 0.4) is 0 Å². The second kappa shape index (κ2) is 14.1. The van der Waals surface area contributed by atoms with Gasteiger partial charge >= 0.3 is 0 Å². The molecule has 0 radical (unpaired) electrons. The van der Waals surface area contributed by atoms with E-state index < -0.39 is 68.9 Å². The third-order valence-corrected chi connectivity index (χ3v) is 9.75. The number of para-hydroxylation sites is 1. The number of rotatable bonds is 10. The van der Waals surface area contributed by atoms with Crippen molar-refractivity contribution >= 4 is 33.2 Å². The molecule has 1 aliphatic rings. The monoisotopic (exact) mass is 678 g/mol. The Bertz CT molecular complexity index is 1840. The lowest BCUT2D eigenvalue weighted by atomic mass is 9.98. The smallest absolute Gasteiger partial charge is 0.264 e. The van der Waals surface area contributed by atoms with Gasteiger partial charge in [-0.3, -0.25) is 9.10 Å². The summed E-state index contributed by atoms with van der Waals surface area (Å²) in [6.45, 7) is -0.0931. The maximum Gasteiger partial charge on any atom is 0.264 e. The van der Waals surface area contributed by atoms with E-state index in [1.807, 2.05) is 0 Å². The summed E-state index contributed by atoms with van der Waals surface area (Å²) in [5.41, 5.74) is -0.738. The zero-order valence-corrected chi connectivity index (χ0v) is 25.8. The molecule has 1 amide bonds. The van der Waals surface area contributed by atoms with Crippen LogP contribution in [-0.4, -0.2) is 38.4 Å². The number of piperidine rings is 1. The molecule has 0 aromatic heterocycles. The molecule has 0 spiro atoms. The normalized spacial score (nSPS) is 15.1. The van der Waals surface area contributed by atoms with Crippen molar-refractivity contribution in [2.75, 3.05) is 17.5 Å². The van der Waals surface area contributed by atoms with E-state index in [0.717, 1.165) is 35.0 Å². The summed E-state index contributed by atoms with van der Waals surface area (Å²) in [5, 5.41) is 0.286. The van der Waals surface area contributed by atoms with Gasteiger partial charge in [0.2, 0.25) is 0 Å². The molecule has 13 heteroatoms. The lowest BCUT2D eigenvalue weighted by Crippen LogP contribution is -2.44. The van der Waals surface area contributed by atoms with Gasteiger partial charge in [0, 0.05) is 35.7 Å². The van der Waals surface area contributed by atoms with Crippen LogP contribution in [0.2, 0.25) is 5.02 Å². The second-order valence-electron chi connectivity index (χ2n) is 10.7. The first kappa shape index (κ1) is 33.2. The highest BCUT2D eigenvalue weighted by Gasteiger charge is 2.31. The van der Waals surface area contributed by atoms with E-state index in [2.05, 4.69) is 0 Å². The van der Waals surface area contributed by atoms with Gasteiger partial charge in [-0.2, -0.15) is 0 Å². The Morgan fingerprint density at radius 3 is 2.37 bits per heavy atom. The Hall–Kier alpha value is -4.16. The number of benzene rings is 4. The van der Waals surface area contributed by atoms with Gasteiger partial charge in [0.1, 0.15) is 17.4 Å². The third kappa shape index (κ3) is 7.13. The first-order chi connectivity index (χ1) is 22.0. The van der Waals surface area contributed by atoms with Crippen molar-refractivity contribution in [3.05, 3.63) is 124 Å². The molecule has 1 atom stereocenters. The van der Waals surface area contributed by atoms with Crippen LogP contribution in [0.5, 0.6) is 5.75 Å². The Balaban J connectivity index is 1.37. The number of sulfonamides is 1. The van der Waals surface area contributed by atoms with Crippen molar-refractivity contribution in [3.63, 3.8) is 0 Å². The van der Waals surface area contributed by atoms with Gasteiger partial charge in [0.05, 0.1) is 29.3 Å². The average molecular weight is 679 g/mol. The molecule has 0 saturated carbocycles. The number of carbonyl (C=O) groups excluding carboxylic acids is 1. The third-order valence-electron chi connectivity index (χ3n) is 7.73. The van der Waals surface area contributed by atoms with Crippen molar-refractivity contribution in [3.8, 4) is 5.75 Å². The number of hydrogen-bond acceptors (Lipinski definition) is 4. The van der Waals surface area contributed by atoms with Gasteiger partial charge in [0.25, 0.3) is 15.9 Å². The summed E-state index contributed by atoms with van der Waals surface area (Å²) in [4.78, 5) is 14.4. The number of carbonyl (C=O) groups is 1. The molecule has 1 aliphatic heterocycles. The Morgan fingerprint density at radius 1 is 0.891 bits per heavy atom. The molecule has 46 heavy (non-hydrogen) atoms. The summed E-state index contributed by atoms with van der Waals surface area (Å²) in [5.74, 6) is -6.96. The van der Waals surface area contributed by atoms with Crippen LogP contribution in [0, 0.1) is 29.1 Å². The van der Waals surface area contributed by atoms with E-state index in [1.165, 1.54) is 29.2 Å². The quantitative estimate of drug-likeness (QED) is 0.126. The Kier molecular flexibility index (Phi) is 10.2. The molecule has 0 bridgehead atoms. The van der Waals surface area contributed by atoms with Crippen LogP contribution in [0.25, 0.3) is 0 Å². The highest BCUT2D eigenvalue weighted by atomic mass is 35.5. The fourth-order valence-electron chi connectivity index (χ4n) is 5.36. The second-order valence-corrected chi connectivity index (χ2v) is 13.0. The summed E-state index contributed by atoms with van der Waals surface area (Å²) in [6.07, 6.45) is 2.28. The number of halogens is 6. The minimum absolute atomic E-state index is 0.0456. The Labute approximate surface area is 268 Å². The molecule has 4 aromatic rings. The number of amides is 1. The molecule has 1 heterocycles. The molecular formula is C33H28ClF5N2O4S. The predicted molar refractivity (Wildman–Crippen MR) is 163 cm³/mol. The van der Waals surface area contributed by atoms with Crippen molar-refractivity contribution in [1.29, 1.82) is 0 Å². The molecule has 242 valence electrons. The first-order valence-corrected chi connectivity index (χ1v) is 16.2. The van der Waals surface area contributed by atoms with E-state index in [9.17, 15) is 30.8 Å². The van der Waals surface area contributed by atoms with E-state index in [1.54, 1.807) is 24.3 Å². The number of nitrogens with zero attached hydrogens (tertiary/aromatic N) is 2. The highest BCUT2D eigenvalue weighted by Crippen LogP contribution is 2.32. The fourth-order valence-corrected chi connectivity index (χ4v) is 6.93. The number of likely N-dealkylation sites (tertiary alicyclic amines) is 1. The summed E-state index contributed by atoms with van der Waals surface area (Å²) in [6, 6.07) is 15.4. The highest BCUT2D eigenvalue weighted by molar-refractivity contribution is 7.92. The molecule has 1 saturated heterocycles. The minimum atomic E-state index is -4.43. The van der Waals surface area contributed by atoms with E-state index in [4.69, 9.17) is 16.3 Å². The van der Waals surface area contributed by atoms with Gasteiger partial charge in [-0.1, -0.05) is 29.8 Å². The predicted octanol–water partition coefficient (Wildman–Crippen LogP) is 7.89. The Morgan fingerprint density at radius 2 is 1.61 bits per heavy atom. The van der Waals surface area contributed by atoms with Gasteiger partial charge < -0.3 is 9.64 Å². The molecule has 0 N–H and O–H groups in total. The van der Waals surface area contributed by atoms with Gasteiger partial charge in [0.15, 0.2) is 17.5 Å². The SMILES string of the molecule is O=C(c1ccc(F)c(F)c1F)N1CCCCC1CCOc1ccccc1CN(c1cc(F)ccc1F)S(=O)(=O)c1ccc(Cl)cc1. The topological polar surface area (TPSA) is 66.9 Å². The van der Waals surface area contributed by atoms with Crippen molar-refractivity contribution < 1.29 is 39.9 Å². The van der Waals surface area contributed by atoms with Crippen LogP contribution >= 0.6 is 11.6 Å². The maximum absolute atomic E-state index is 15.0. The fraction of sp³-hybridized carbons (Fsp3) is 0.242.